The van der Waals surface area contributed by atoms with E-state index in [4.69, 9.17) is 0 Å². The van der Waals surface area contributed by atoms with E-state index in [2.05, 4.69) is 19.8 Å². The van der Waals surface area contributed by atoms with Crippen LogP contribution in [0.15, 0.2) is 71.8 Å². The van der Waals surface area contributed by atoms with Gasteiger partial charge in [0.2, 0.25) is 15.8 Å². The lowest BCUT2D eigenvalue weighted by Gasteiger charge is -2.33. The summed E-state index contributed by atoms with van der Waals surface area (Å²) < 4.78 is 70.5. The molecule has 0 aliphatic carbocycles. The Kier molecular flexibility index (Phi) is 6.39. The molecule has 0 radical (unpaired) electrons. The van der Waals surface area contributed by atoms with Crippen LogP contribution in [-0.2, 0) is 22.7 Å². The summed E-state index contributed by atoms with van der Waals surface area (Å²) >= 11 is 0. The standard InChI is InChI=1S/C24H23F3N6O2S/c25-24(26,27)23-29-21(20-15-28-33(22(20)30-23)16-17-7-3-1-4-8-17)32-13-11-18(12-14-32)31-36(34,35)19-9-5-2-6-10-19/h1-10,15,18,31H,11-14,16H2. The predicted octanol–water partition coefficient (Wildman–Crippen LogP) is 3.84. The molecule has 4 aromatic rings. The van der Waals surface area contributed by atoms with E-state index in [0.29, 0.717) is 31.3 Å². The van der Waals surface area contributed by atoms with Gasteiger partial charge in [-0.3, -0.25) is 0 Å². The van der Waals surface area contributed by atoms with Gasteiger partial charge in [0.25, 0.3) is 0 Å². The summed E-state index contributed by atoms with van der Waals surface area (Å²) in [6.45, 7) is 0.923. The first-order valence-electron chi connectivity index (χ1n) is 11.4. The molecule has 36 heavy (non-hydrogen) atoms. The van der Waals surface area contributed by atoms with Gasteiger partial charge in [0.1, 0.15) is 5.82 Å². The lowest BCUT2D eigenvalue weighted by molar-refractivity contribution is -0.144. The van der Waals surface area contributed by atoms with Gasteiger partial charge < -0.3 is 4.90 Å². The lowest BCUT2D eigenvalue weighted by Crippen LogP contribution is -2.45. The minimum absolute atomic E-state index is 0.100. The molecule has 1 saturated heterocycles. The molecule has 188 valence electrons. The number of halogens is 3. The fourth-order valence-corrected chi connectivity index (χ4v) is 5.60. The summed E-state index contributed by atoms with van der Waals surface area (Å²) in [5.41, 5.74) is 0.978. The third kappa shape index (κ3) is 5.05. The number of rotatable bonds is 6. The van der Waals surface area contributed by atoms with Crippen molar-refractivity contribution < 1.29 is 21.6 Å². The molecule has 1 N–H and O–H groups in total. The van der Waals surface area contributed by atoms with E-state index in [1.54, 1.807) is 23.1 Å². The molecule has 2 aromatic carbocycles. The number of sulfonamides is 1. The summed E-state index contributed by atoms with van der Waals surface area (Å²) in [4.78, 5) is 9.57. The van der Waals surface area contributed by atoms with Crippen LogP contribution in [0.25, 0.3) is 11.0 Å². The van der Waals surface area contributed by atoms with Crippen molar-refractivity contribution in [3.63, 3.8) is 0 Å². The highest BCUT2D eigenvalue weighted by atomic mass is 32.2. The van der Waals surface area contributed by atoms with Gasteiger partial charge in [0.15, 0.2) is 5.65 Å². The second-order valence-corrected chi connectivity index (χ2v) is 10.3. The topological polar surface area (TPSA) is 93.0 Å². The first-order valence-corrected chi connectivity index (χ1v) is 12.9. The molecule has 0 saturated carbocycles. The molecule has 0 amide bonds. The third-order valence-electron chi connectivity index (χ3n) is 6.07. The number of nitrogens with zero attached hydrogens (tertiary/aromatic N) is 5. The van der Waals surface area contributed by atoms with Crippen molar-refractivity contribution in [3.05, 3.63) is 78.2 Å². The van der Waals surface area contributed by atoms with Crippen LogP contribution in [0.1, 0.15) is 24.2 Å². The quantitative estimate of drug-likeness (QED) is 0.419. The zero-order chi connectivity index (χ0) is 25.3. The van der Waals surface area contributed by atoms with Crippen LogP contribution >= 0.6 is 0 Å². The average Bonchev–Trinajstić information content (AvgIpc) is 3.27. The number of anilines is 1. The Labute approximate surface area is 205 Å². The van der Waals surface area contributed by atoms with Crippen LogP contribution in [0, 0.1) is 0 Å². The maximum atomic E-state index is 13.7. The number of piperidine rings is 1. The predicted molar refractivity (Wildman–Crippen MR) is 128 cm³/mol. The Morgan fingerprint density at radius 3 is 2.22 bits per heavy atom. The van der Waals surface area contributed by atoms with Gasteiger partial charge >= 0.3 is 6.18 Å². The van der Waals surface area contributed by atoms with E-state index in [0.717, 1.165) is 5.56 Å². The van der Waals surface area contributed by atoms with Gasteiger partial charge in [-0.2, -0.15) is 18.3 Å². The Bertz CT molecular complexity index is 1450. The van der Waals surface area contributed by atoms with Crippen molar-refractivity contribution >= 4 is 26.9 Å². The minimum atomic E-state index is -4.73. The van der Waals surface area contributed by atoms with E-state index < -0.39 is 22.0 Å². The van der Waals surface area contributed by atoms with Gasteiger partial charge in [0, 0.05) is 19.1 Å². The fraction of sp³-hybridized carbons (Fsp3) is 0.292. The van der Waals surface area contributed by atoms with Crippen LogP contribution in [-0.4, -0.2) is 47.3 Å². The number of aromatic nitrogens is 4. The summed E-state index contributed by atoms with van der Waals surface area (Å²) in [6, 6.07) is 17.0. The van der Waals surface area contributed by atoms with Crippen LogP contribution in [0.4, 0.5) is 19.0 Å². The van der Waals surface area contributed by atoms with Crippen LogP contribution in [0.5, 0.6) is 0 Å². The maximum Gasteiger partial charge on any atom is 0.451 e. The molecule has 1 aliphatic rings. The van der Waals surface area contributed by atoms with Crippen LogP contribution in [0.3, 0.4) is 0 Å². The van der Waals surface area contributed by atoms with Crippen molar-refractivity contribution in [3.8, 4) is 0 Å². The Balaban J connectivity index is 1.40. The van der Waals surface area contributed by atoms with Crippen molar-refractivity contribution in [2.45, 2.75) is 36.5 Å². The minimum Gasteiger partial charge on any atom is -0.356 e. The number of hydrogen-bond donors (Lipinski definition) is 1. The number of benzene rings is 2. The Morgan fingerprint density at radius 1 is 0.944 bits per heavy atom. The fourth-order valence-electron chi connectivity index (χ4n) is 4.28. The molecule has 3 heterocycles. The zero-order valence-electron chi connectivity index (χ0n) is 19.1. The molecule has 1 fully saturated rings. The van der Waals surface area contributed by atoms with E-state index in [9.17, 15) is 21.6 Å². The Morgan fingerprint density at radius 2 is 1.58 bits per heavy atom. The van der Waals surface area contributed by atoms with Gasteiger partial charge in [0.05, 0.1) is 23.0 Å². The maximum absolute atomic E-state index is 13.7. The second kappa shape index (κ2) is 9.51. The first kappa shape index (κ1) is 24.2. The molecule has 12 heteroatoms. The van der Waals surface area contributed by atoms with E-state index in [1.165, 1.54) is 23.0 Å². The monoisotopic (exact) mass is 516 g/mol. The molecular formula is C24H23F3N6O2S. The van der Waals surface area contributed by atoms with Gasteiger partial charge in [-0.1, -0.05) is 48.5 Å². The summed E-state index contributed by atoms with van der Waals surface area (Å²) in [6.07, 6.45) is -2.42. The van der Waals surface area contributed by atoms with Crippen molar-refractivity contribution in [2.75, 3.05) is 18.0 Å². The van der Waals surface area contributed by atoms with E-state index >= 15 is 0 Å². The molecule has 8 nitrogen and oxygen atoms in total. The molecule has 0 spiro atoms. The number of hydrogen-bond acceptors (Lipinski definition) is 6. The average molecular weight is 517 g/mol. The normalized spacial score (nSPS) is 15.5. The highest BCUT2D eigenvalue weighted by Crippen LogP contribution is 2.33. The van der Waals surface area contributed by atoms with Crippen LogP contribution < -0.4 is 9.62 Å². The SMILES string of the molecule is O=S(=O)(NC1CCN(c2nc(C(F)(F)F)nc3c2cnn3Cc2ccccc2)CC1)c1ccccc1. The van der Waals surface area contributed by atoms with Crippen LogP contribution in [0.2, 0.25) is 0 Å². The summed E-state index contributed by atoms with van der Waals surface area (Å²) in [5.74, 6) is -1.08. The van der Waals surface area contributed by atoms with Gasteiger partial charge in [-0.05, 0) is 30.5 Å². The molecule has 0 bridgehead atoms. The van der Waals surface area contributed by atoms with E-state index in [-0.39, 0.29) is 28.9 Å². The van der Waals surface area contributed by atoms with E-state index in [1.807, 2.05) is 30.3 Å². The van der Waals surface area contributed by atoms with Crippen molar-refractivity contribution in [1.82, 2.24) is 24.5 Å². The zero-order valence-corrected chi connectivity index (χ0v) is 19.9. The van der Waals surface area contributed by atoms with Gasteiger partial charge in [-0.15, -0.1) is 0 Å². The molecule has 0 unspecified atom stereocenters. The van der Waals surface area contributed by atoms with Crippen molar-refractivity contribution in [1.29, 1.82) is 0 Å². The molecular weight excluding hydrogens is 493 g/mol. The summed E-state index contributed by atoms with van der Waals surface area (Å²) in [7, 11) is -3.69. The molecule has 2 aromatic heterocycles. The number of alkyl halides is 3. The highest BCUT2D eigenvalue weighted by Gasteiger charge is 2.37. The Hall–Kier alpha value is -3.51. The molecule has 5 rings (SSSR count). The molecule has 0 atom stereocenters. The smallest absolute Gasteiger partial charge is 0.356 e. The highest BCUT2D eigenvalue weighted by molar-refractivity contribution is 7.89. The second-order valence-electron chi connectivity index (χ2n) is 8.59. The first-order chi connectivity index (χ1) is 17.2. The summed E-state index contributed by atoms with van der Waals surface area (Å²) in [5, 5.41) is 4.71. The van der Waals surface area contributed by atoms with Gasteiger partial charge in [-0.25, -0.2) is 27.8 Å². The lowest BCUT2D eigenvalue weighted by atomic mass is 10.1. The number of nitrogens with one attached hydrogen (secondary N) is 1. The third-order valence-corrected chi connectivity index (χ3v) is 7.61. The molecule has 1 aliphatic heterocycles. The largest absolute Gasteiger partial charge is 0.451 e. The number of fused-ring (bicyclic) bond motifs is 1. The van der Waals surface area contributed by atoms with Crippen molar-refractivity contribution in [2.24, 2.45) is 0 Å².